The fourth-order valence-electron chi connectivity index (χ4n) is 1.72. The third kappa shape index (κ3) is 2.41. The van der Waals surface area contributed by atoms with Gasteiger partial charge in [0.2, 0.25) is 6.43 Å². The molecule has 1 aliphatic heterocycles. The quantitative estimate of drug-likeness (QED) is 0.626. The van der Waals surface area contributed by atoms with E-state index >= 15 is 0 Å². The Balaban J connectivity index is 2.40. The smallest absolute Gasteiger partial charge is 0.242 e. The molecule has 1 rings (SSSR count). The van der Waals surface area contributed by atoms with Crippen molar-refractivity contribution in [1.29, 1.82) is 0 Å². The molecule has 72 valence electrons. The molecule has 1 saturated heterocycles. The number of rotatable bonds is 2. The second kappa shape index (κ2) is 4.17. The van der Waals surface area contributed by atoms with Crippen molar-refractivity contribution in [3.8, 4) is 0 Å². The van der Waals surface area contributed by atoms with E-state index < -0.39 is 6.43 Å². The second-order valence-electron chi connectivity index (χ2n) is 3.83. The monoisotopic (exact) mass is 177 g/mol. The summed E-state index contributed by atoms with van der Waals surface area (Å²) in [6.07, 6.45) is -0.514. The van der Waals surface area contributed by atoms with Crippen LogP contribution in [-0.2, 0) is 0 Å². The maximum absolute atomic E-state index is 12.3. The van der Waals surface area contributed by atoms with E-state index in [1.165, 1.54) is 0 Å². The van der Waals surface area contributed by atoms with Crippen LogP contribution in [0.2, 0.25) is 0 Å². The van der Waals surface area contributed by atoms with Crippen LogP contribution in [0.15, 0.2) is 0 Å². The number of nitrogens with zero attached hydrogens (tertiary/aromatic N) is 1. The van der Waals surface area contributed by atoms with E-state index in [9.17, 15) is 8.78 Å². The van der Waals surface area contributed by atoms with Crippen molar-refractivity contribution >= 4 is 0 Å². The minimum atomic E-state index is -2.13. The fourth-order valence-corrected chi connectivity index (χ4v) is 1.72. The summed E-state index contributed by atoms with van der Waals surface area (Å²) in [6, 6.07) is 0.409. The lowest BCUT2D eigenvalue weighted by molar-refractivity contribution is 0.0188. The highest BCUT2D eigenvalue weighted by Crippen LogP contribution is 2.23. The zero-order valence-corrected chi connectivity index (χ0v) is 7.76. The summed E-state index contributed by atoms with van der Waals surface area (Å²) in [6.45, 7) is 5.69. The Morgan fingerprint density at radius 2 is 2.00 bits per heavy atom. The van der Waals surface area contributed by atoms with E-state index in [4.69, 9.17) is 0 Å². The number of likely N-dealkylation sites (tertiary alicyclic amines) is 1. The van der Waals surface area contributed by atoms with Crippen LogP contribution in [0.1, 0.15) is 26.7 Å². The Morgan fingerprint density at radius 1 is 1.33 bits per heavy atom. The summed E-state index contributed by atoms with van der Waals surface area (Å²) in [5.74, 6) is -0.388. The average molecular weight is 177 g/mol. The zero-order valence-electron chi connectivity index (χ0n) is 7.76. The molecule has 0 aromatic carbocycles. The van der Waals surface area contributed by atoms with Crippen LogP contribution in [0.5, 0.6) is 0 Å². The maximum Gasteiger partial charge on any atom is 0.242 e. The molecule has 0 saturated carbocycles. The van der Waals surface area contributed by atoms with Crippen LogP contribution in [0.25, 0.3) is 0 Å². The summed E-state index contributed by atoms with van der Waals surface area (Å²) >= 11 is 0. The van der Waals surface area contributed by atoms with Gasteiger partial charge in [-0.25, -0.2) is 8.78 Å². The lowest BCUT2D eigenvalue weighted by Gasteiger charge is -2.34. The lowest BCUT2D eigenvalue weighted by Crippen LogP contribution is -2.41. The van der Waals surface area contributed by atoms with Crippen LogP contribution >= 0.6 is 0 Å². The van der Waals surface area contributed by atoms with E-state index in [2.05, 4.69) is 18.7 Å². The number of hydrogen-bond acceptors (Lipinski definition) is 1. The molecule has 0 N–H and O–H groups in total. The number of piperidine rings is 1. The first-order valence-electron chi connectivity index (χ1n) is 4.63. The SMILES string of the molecule is CC(C)N1CCCC(C(F)F)C1. The number of halogens is 2. The van der Waals surface area contributed by atoms with Gasteiger partial charge in [0.15, 0.2) is 0 Å². The van der Waals surface area contributed by atoms with Gasteiger partial charge in [-0.3, -0.25) is 0 Å². The van der Waals surface area contributed by atoms with Crippen LogP contribution in [0.3, 0.4) is 0 Å². The summed E-state index contributed by atoms with van der Waals surface area (Å²) < 4.78 is 24.7. The topological polar surface area (TPSA) is 3.24 Å². The minimum absolute atomic E-state index is 0.388. The summed E-state index contributed by atoms with van der Waals surface area (Å²) in [5.41, 5.74) is 0. The van der Waals surface area contributed by atoms with Gasteiger partial charge >= 0.3 is 0 Å². The molecule has 0 aromatic heterocycles. The van der Waals surface area contributed by atoms with E-state index in [-0.39, 0.29) is 5.92 Å². The second-order valence-corrected chi connectivity index (χ2v) is 3.83. The van der Waals surface area contributed by atoms with Crippen molar-refractivity contribution in [1.82, 2.24) is 4.90 Å². The Bertz CT molecular complexity index is 122. The van der Waals surface area contributed by atoms with Gasteiger partial charge in [-0.05, 0) is 33.2 Å². The molecule has 1 atom stereocenters. The van der Waals surface area contributed by atoms with Crippen molar-refractivity contribution in [3.63, 3.8) is 0 Å². The van der Waals surface area contributed by atoms with Gasteiger partial charge in [0, 0.05) is 18.5 Å². The molecule has 1 heterocycles. The van der Waals surface area contributed by atoms with Crippen molar-refractivity contribution in [3.05, 3.63) is 0 Å². The third-order valence-corrected chi connectivity index (χ3v) is 2.58. The molecule has 0 aromatic rings. The Labute approximate surface area is 72.7 Å². The largest absolute Gasteiger partial charge is 0.300 e. The first-order valence-corrected chi connectivity index (χ1v) is 4.63. The van der Waals surface area contributed by atoms with Crippen LogP contribution in [0.4, 0.5) is 8.78 Å². The van der Waals surface area contributed by atoms with Crippen molar-refractivity contribution in [2.45, 2.75) is 39.2 Å². The molecular formula is C9H17F2N. The van der Waals surface area contributed by atoms with Gasteiger partial charge in [0.1, 0.15) is 0 Å². The Morgan fingerprint density at radius 3 is 2.50 bits per heavy atom. The standard InChI is InChI=1S/C9H17F2N/c1-7(2)12-5-3-4-8(6-12)9(10)11/h7-9H,3-6H2,1-2H3. The highest BCUT2D eigenvalue weighted by molar-refractivity contribution is 4.76. The molecule has 0 aliphatic carbocycles. The van der Waals surface area contributed by atoms with Gasteiger partial charge < -0.3 is 4.90 Å². The third-order valence-electron chi connectivity index (χ3n) is 2.58. The molecule has 1 nitrogen and oxygen atoms in total. The van der Waals surface area contributed by atoms with E-state index in [0.29, 0.717) is 19.0 Å². The zero-order chi connectivity index (χ0) is 9.14. The normalized spacial score (nSPS) is 27.0. The summed E-state index contributed by atoms with van der Waals surface area (Å²) in [7, 11) is 0. The molecule has 1 unspecified atom stereocenters. The van der Waals surface area contributed by atoms with Crippen molar-refractivity contribution < 1.29 is 8.78 Å². The van der Waals surface area contributed by atoms with Gasteiger partial charge in [0.25, 0.3) is 0 Å². The average Bonchev–Trinajstić information content (AvgIpc) is 2.04. The summed E-state index contributed by atoms with van der Waals surface area (Å²) in [4.78, 5) is 2.14. The molecule has 12 heavy (non-hydrogen) atoms. The van der Waals surface area contributed by atoms with Crippen LogP contribution in [-0.4, -0.2) is 30.5 Å². The lowest BCUT2D eigenvalue weighted by atomic mass is 9.98. The predicted octanol–water partition coefficient (Wildman–Crippen LogP) is 2.37. The van der Waals surface area contributed by atoms with E-state index in [1.54, 1.807) is 0 Å². The van der Waals surface area contributed by atoms with Gasteiger partial charge in [0.05, 0.1) is 0 Å². The van der Waals surface area contributed by atoms with Crippen molar-refractivity contribution in [2.24, 2.45) is 5.92 Å². The van der Waals surface area contributed by atoms with Crippen molar-refractivity contribution in [2.75, 3.05) is 13.1 Å². The maximum atomic E-state index is 12.3. The van der Waals surface area contributed by atoms with E-state index in [1.807, 2.05) is 0 Å². The molecule has 1 fully saturated rings. The fraction of sp³-hybridized carbons (Fsp3) is 1.00. The van der Waals surface area contributed by atoms with Gasteiger partial charge in [-0.15, -0.1) is 0 Å². The highest BCUT2D eigenvalue weighted by atomic mass is 19.3. The first kappa shape index (κ1) is 9.90. The Hall–Kier alpha value is -0.180. The van der Waals surface area contributed by atoms with E-state index in [0.717, 1.165) is 13.0 Å². The molecule has 0 bridgehead atoms. The molecule has 0 spiro atoms. The molecular weight excluding hydrogens is 160 g/mol. The highest BCUT2D eigenvalue weighted by Gasteiger charge is 2.27. The molecule has 1 aliphatic rings. The number of alkyl halides is 2. The first-order chi connectivity index (χ1) is 5.61. The number of hydrogen-bond donors (Lipinski definition) is 0. The minimum Gasteiger partial charge on any atom is -0.300 e. The van der Waals surface area contributed by atoms with Crippen LogP contribution < -0.4 is 0 Å². The molecule has 0 amide bonds. The molecule has 3 heteroatoms. The van der Waals surface area contributed by atoms with Gasteiger partial charge in [-0.1, -0.05) is 0 Å². The van der Waals surface area contributed by atoms with Gasteiger partial charge in [-0.2, -0.15) is 0 Å². The predicted molar refractivity (Wildman–Crippen MR) is 45.4 cm³/mol. The van der Waals surface area contributed by atoms with Crippen LogP contribution in [0, 0.1) is 5.92 Å². The molecule has 0 radical (unpaired) electrons. The Kier molecular flexibility index (Phi) is 3.44. The summed E-state index contributed by atoms with van der Waals surface area (Å²) in [5, 5.41) is 0.